The Morgan fingerprint density at radius 2 is 1.34 bits per heavy atom. The van der Waals surface area contributed by atoms with Gasteiger partial charge in [-0.3, -0.25) is 0 Å². The fourth-order valence-electron chi connectivity index (χ4n) is 11.1. The Morgan fingerprint density at radius 1 is 0.707 bits per heavy atom. The number of rotatable bonds is 9. The summed E-state index contributed by atoms with van der Waals surface area (Å²) in [4.78, 5) is 0. The van der Waals surface area contributed by atoms with E-state index in [-0.39, 0.29) is 0 Å². The topological polar surface area (TPSA) is 24.1 Å². The zero-order valence-corrected chi connectivity index (χ0v) is 26.7. The van der Waals surface area contributed by atoms with E-state index in [0.29, 0.717) is 22.9 Å². The van der Waals surface area contributed by atoms with E-state index in [2.05, 4.69) is 106 Å². The molecule has 0 unspecified atom stereocenters. The zero-order chi connectivity index (χ0) is 28.6. The standard InChI is InChI=1S/C39H58N2/c1-27(2)13-12-14-28(3)33-19-20-34-37-35(22-24-39(33,34)5)38(4)23-21-32(40-30-15-8-6-9-16-30)25-29(38)26-36(37)41-31-17-10-7-11-18-31/h6-11,15-18,27-29,32-37,40-41H,12-14,19-26H2,1-5H3/t28-,29-,32+,33-,34+,35+,36-,37+,38+,39-/m1/s1. The van der Waals surface area contributed by atoms with E-state index >= 15 is 0 Å². The van der Waals surface area contributed by atoms with Gasteiger partial charge >= 0.3 is 0 Å². The molecule has 10 atom stereocenters. The molecule has 0 heterocycles. The van der Waals surface area contributed by atoms with Crippen LogP contribution in [-0.4, -0.2) is 12.1 Å². The van der Waals surface area contributed by atoms with E-state index in [1.807, 2.05) is 0 Å². The lowest BCUT2D eigenvalue weighted by atomic mass is 9.43. The highest BCUT2D eigenvalue weighted by molar-refractivity contribution is 5.45. The molecule has 0 aliphatic heterocycles. The average Bonchev–Trinajstić information content (AvgIpc) is 3.32. The first-order valence-electron chi connectivity index (χ1n) is 17.4. The van der Waals surface area contributed by atoms with E-state index in [9.17, 15) is 0 Å². The summed E-state index contributed by atoms with van der Waals surface area (Å²) >= 11 is 0. The van der Waals surface area contributed by atoms with Crippen LogP contribution in [0.15, 0.2) is 60.7 Å². The molecule has 4 aliphatic carbocycles. The van der Waals surface area contributed by atoms with Gasteiger partial charge in [-0.15, -0.1) is 0 Å². The number of hydrogen-bond donors (Lipinski definition) is 2. The van der Waals surface area contributed by atoms with E-state index in [1.54, 1.807) is 0 Å². The maximum atomic E-state index is 4.20. The number of fused-ring (bicyclic) bond motifs is 5. The molecule has 4 saturated carbocycles. The molecule has 4 aliphatic rings. The van der Waals surface area contributed by atoms with Crippen molar-refractivity contribution in [2.24, 2.45) is 52.3 Å². The molecule has 2 aromatic carbocycles. The summed E-state index contributed by atoms with van der Waals surface area (Å²) in [5, 5.41) is 8.13. The molecule has 0 bridgehead atoms. The van der Waals surface area contributed by atoms with Gasteiger partial charge in [-0.05, 0) is 128 Å². The lowest BCUT2D eigenvalue weighted by molar-refractivity contribution is -0.120. The number of nitrogens with one attached hydrogen (secondary N) is 2. The molecular weight excluding hydrogens is 496 g/mol. The Bertz CT molecular complexity index is 1110. The fourth-order valence-corrected chi connectivity index (χ4v) is 11.1. The van der Waals surface area contributed by atoms with Crippen molar-refractivity contribution in [1.82, 2.24) is 0 Å². The predicted molar refractivity (Wildman–Crippen MR) is 176 cm³/mol. The molecule has 2 N–H and O–H groups in total. The first-order chi connectivity index (χ1) is 19.8. The second-order valence-corrected chi connectivity index (χ2v) is 15.9. The maximum Gasteiger partial charge on any atom is 0.0342 e. The molecular formula is C39H58N2. The molecule has 4 fully saturated rings. The predicted octanol–water partition coefficient (Wildman–Crippen LogP) is 10.7. The Morgan fingerprint density at radius 3 is 2.02 bits per heavy atom. The summed E-state index contributed by atoms with van der Waals surface area (Å²) in [6, 6.07) is 23.3. The minimum Gasteiger partial charge on any atom is -0.382 e. The second kappa shape index (κ2) is 12.0. The molecule has 2 heteroatoms. The number of hydrogen-bond acceptors (Lipinski definition) is 2. The molecule has 2 aromatic rings. The van der Waals surface area contributed by atoms with Crippen LogP contribution in [0.4, 0.5) is 11.4 Å². The van der Waals surface area contributed by atoms with Gasteiger partial charge in [0.2, 0.25) is 0 Å². The van der Waals surface area contributed by atoms with Gasteiger partial charge in [-0.25, -0.2) is 0 Å². The Labute approximate surface area is 251 Å². The van der Waals surface area contributed by atoms with Crippen LogP contribution >= 0.6 is 0 Å². The van der Waals surface area contributed by atoms with E-state index in [1.165, 1.54) is 82.0 Å². The van der Waals surface area contributed by atoms with Gasteiger partial charge in [-0.1, -0.05) is 90.3 Å². The van der Waals surface area contributed by atoms with Crippen molar-refractivity contribution >= 4 is 11.4 Å². The number of benzene rings is 2. The summed E-state index contributed by atoms with van der Waals surface area (Å²) in [5.41, 5.74) is 3.63. The van der Waals surface area contributed by atoms with Crippen LogP contribution < -0.4 is 10.6 Å². The Kier molecular flexibility index (Phi) is 8.50. The third kappa shape index (κ3) is 5.71. The van der Waals surface area contributed by atoms with Crippen LogP contribution in [0, 0.1) is 52.3 Å². The van der Waals surface area contributed by atoms with Gasteiger partial charge in [0.15, 0.2) is 0 Å². The Balaban J connectivity index is 1.25. The smallest absolute Gasteiger partial charge is 0.0342 e. The van der Waals surface area contributed by atoms with Crippen molar-refractivity contribution in [2.75, 3.05) is 10.6 Å². The van der Waals surface area contributed by atoms with Crippen molar-refractivity contribution in [3.8, 4) is 0 Å². The van der Waals surface area contributed by atoms with Crippen LogP contribution in [0.3, 0.4) is 0 Å². The summed E-state index contributed by atoms with van der Waals surface area (Å²) in [7, 11) is 0. The van der Waals surface area contributed by atoms with E-state index in [4.69, 9.17) is 0 Å². The molecule has 0 saturated heterocycles. The summed E-state index contributed by atoms with van der Waals surface area (Å²) in [5.74, 6) is 5.94. The van der Waals surface area contributed by atoms with Crippen LogP contribution in [0.25, 0.3) is 0 Å². The van der Waals surface area contributed by atoms with Gasteiger partial charge in [0.25, 0.3) is 0 Å². The second-order valence-electron chi connectivity index (χ2n) is 15.9. The molecule has 0 aromatic heterocycles. The van der Waals surface area contributed by atoms with Gasteiger partial charge in [0.1, 0.15) is 0 Å². The van der Waals surface area contributed by atoms with Crippen molar-refractivity contribution in [3.63, 3.8) is 0 Å². The fraction of sp³-hybridized carbons (Fsp3) is 0.692. The first-order valence-corrected chi connectivity index (χ1v) is 17.4. The highest BCUT2D eigenvalue weighted by Gasteiger charge is 2.63. The summed E-state index contributed by atoms with van der Waals surface area (Å²) < 4.78 is 0. The van der Waals surface area contributed by atoms with Gasteiger partial charge < -0.3 is 10.6 Å². The molecule has 41 heavy (non-hydrogen) atoms. The highest BCUT2D eigenvalue weighted by Crippen LogP contribution is 2.68. The van der Waals surface area contributed by atoms with Gasteiger partial charge in [0, 0.05) is 23.5 Å². The largest absolute Gasteiger partial charge is 0.382 e. The third-order valence-electron chi connectivity index (χ3n) is 13.2. The monoisotopic (exact) mass is 554 g/mol. The molecule has 0 spiro atoms. The highest BCUT2D eigenvalue weighted by atomic mass is 15.0. The molecule has 2 nitrogen and oxygen atoms in total. The van der Waals surface area contributed by atoms with E-state index < -0.39 is 0 Å². The van der Waals surface area contributed by atoms with Crippen LogP contribution in [0.2, 0.25) is 0 Å². The number of para-hydroxylation sites is 2. The van der Waals surface area contributed by atoms with Gasteiger partial charge in [-0.2, -0.15) is 0 Å². The van der Waals surface area contributed by atoms with E-state index in [0.717, 1.165) is 41.4 Å². The van der Waals surface area contributed by atoms with Gasteiger partial charge in [0.05, 0.1) is 0 Å². The summed E-state index contributed by atoms with van der Waals surface area (Å²) in [6.45, 7) is 12.9. The molecule has 0 amide bonds. The maximum absolute atomic E-state index is 4.20. The Hall–Kier alpha value is -1.96. The zero-order valence-electron chi connectivity index (χ0n) is 26.7. The quantitative estimate of drug-likeness (QED) is 0.322. The third-order valence-corrected chi connectivity index (χ3v) is 13.2. The normalized spacial score (nSPS) is 38.9. The first kappa shape index (κ1) is 29.1. The lowest BCUT2D eigenvalue weighted by Crippen LogP contribution is -2.60. The SMILES string of the molecule is CC(C)CCC[C@@H](C)[C@H]1CC[C@H]2[C@@H]3[C@H](Nc4ccccc4)C[C@H]4C[C@@H](Nc5ccccc5)CC[C@]4(C)[C@H]3CC[C@]12C. The lowest BCUT2D eigenvalue weighted by Gasteiger charge is -2.63. The molecule has 6 rings (SSSR count). The molecule has 224 valence electrons. The van der Waals surface area contributed by atoms with Crippen LogP contribution in [0.1, 0.15) is 105 Å². The summed E-state index contributed by atoms with van der Waals surface area (Å²) in [6.07, 6.45) is 15.4. The van der Waals surface area contributed by atoms with Crippen molar-refractivity contribution in [2.45, 2.75) is 117 Å². The minimum absolute atomic E-state index is 0.483. The molecule has 0 radical (unpaired) electrons. The minimum atomic E-state index is 0.483. The average molecular weight is 555 g/mol. The van der Waals surface area contributed by atoms with Crippen molar-refractivity contribution < 1.29 is 0 Å². The van der Waals surface area contributed by atoms with Crippen molar-refractivity contribution in [3.05, 3.63) is 60.7 Å². The van der Waals surface area contributed by atoms with Crippen LogP contribution in [0.5, 0.6) is 0 Å². The van der Waals surface area contributed by atoms with Crippen LogP contribution in [-0.2, 0) is 0 Å². The number of anilines is 2. The van der Waals surface area contributed by atoms with Crippen molar-refractivity contribution in [1.29, 1.82) is 0 Å².